The van der Waals surface area contributed by atoms with E-state index in [1.807, 2.05) is 7.11 Å². The van der Waals surface area contributed by atoms with E-state index in [-0.39, 0.29) is 0 Å². The van der Waals surface area contributed by atoms with Gasteiger partial charge in [0.05, 0.1) is 0 Å². The number of methoxy groups -OCH3 is 1. The molecule has 0 aromatic rings. The van der Waals surface area contributed by atoms with Crippen LogP contribution in [0.3, 0.4) is 0 Å². The zero-order chi connectivity index (χ0) is 11.0. The van der Waals surface area contributed by atoms with Crippen molar-refractivity contribution in [3.8, 4) is 0 Å². The quantitative estimate of drug-likeness (QED) is 0.563. The van der Waals surface area contributed by atoms with Crippen LogP contribution in [0.5, 0.6) is 0 Å². The molecule has 0 bridgehead atoms. The zero-order valence-corrected chi connectivity index (χ0v) is 11.7. The summed E-state index contributed by atoms with van der Waals surface area (Å²) >= 11 is 0. The minimum absolute atomic E-state index is 0.544. The van der Waals surface area contributed by atoms with Crippen LogP contribution in [-0.2, 0) is 4.74 Å². The molecule has 1 atom stereocenters. The van der Waals surface area contributed by atoms with Crippen molar-refractivity contribution in [2.45, 2.75) is 52.8 Å². The van der Waals surface area contributed by atoms with Crippen molar-refractivity contribution in [1.82, 2.24) is 0 Å². The Morgan fingerprint density at radius 1 is 0.929 bits per heavy atom. The number of rotatable bonds is 8. The molecular formula is C12H29OP. The Bertz CT molecular complexity index is 119. The van der Waals surface area contributed by atoms with Crippen molar-refractivity contribution in [3.05, 3.63) is 0 Å². The van der Waals surface area contributed by atoms with Crippen LogP contribution >= 0.6 is 7.26 Å². The maximum absolute atomic E-state index is 5.64. The van der Waals surface area contributed by atoms with Crippen molar-refractivity contribution in [3.63, 3.8) is 0 Å². The van der Waals surface area contributed by atoms with E-state index in [1.54, 1.807) is 0 Å². The van der Waals surface area contributed by atoms with Gasteiger partial charge in [-0.05, 0) is 0 Å². The van der Waals surface area contributed by atoms with Gasteiger partial charge in [-0.15, -0.1) is 0 Å². The van der Waals surface area contributed by atoms with Gasteiger partial charge in [-0.2, -0.15) is 0 Å². The fraction of sp³-hybridized carbons (Fsp3) is 1.00. The molecule has 0 aliphatic heterocycles. The van der Waals surface area contributed by atoms with Crippen LogP contribution in [0.1, 0.15) is 47.0 Å². The van der Waals surface area contributed by atoms with Gasteiger partial charge in [0.2, 0.25) is 0 Å². The van der Waals surface area contributed by atoms with Crippen LogP contribution in [0.15, 0.2) is 0 Å². The average molecular weight is 220 g/mol. The second kappa shape index (κ2) is 7.65. The van der Waals surface area contributed by atoms with Gasteiger partial charge in [0.25, 0.3) is 0 Å². The Kier molecular flexibility index (Phi) is 7.86. The van der Waals surface area contributed by atoms with E-state index in [1.165, 1.54) is 37.7 Å². The molecule has 14 heavy (non-hydrogen) atoms. The molecule has 0 saturated carbocycles. The first-order valence-corrected chi connectivity index (χ1v) is 8.89. The molecule has 0 radical (unpaired) electrons. The van der Waals surface area contributed by atoms with E-state index in [0.717, 1.165) is 0 Å². The molecule has 0 amide bonds. The predicted molar refractivity (Wildman–Crippen MR) is 70.3 cm³/mol. The summed E-state index contributed by atoms with van der Waals surface area (Å²) in [6.07, 6.45) is 8.34. The molecule has 1 unspecified atom stereocenters. The first-order chi connectivity index (χ1) is 6.66. The third kappa shape index (κ3) is 3.87. The van der Waals surface area contributed by atoms with Crippen molar-refractivity contribution in [2.24, 2.45) is 0 Å². The van der Waals surface area contributed by atoms with Crippen LogP contribution in [0.25, 0.3) is 0 Å². The Morgan fingerprint density at radius 3 is 1.50 bits per heavy atom. The van der Waals surface area contributed by atoms with Gasteiger partial charge in [0.1, 0.15) is 0 Å². The van der Waals surface area contributed by atoms with Crippen molar-refractivity contribution in [2.75, 3.05) is 25.6 Å². The molecule has 0 aromatic heterocycles. The average Bonchev–Trinajstić information content (AvgIpc) is 2.17. The molecule has 0 aliphatic carbocycles. The monoisotopic (exact) mass is 220 g/mol. The summed E-state index contributed by atoms with van der Waals surface area (Å²) < 4.78 is 5.64. The summed E-state index contributed by atoms with van der Waals surface area (Å²) in [4.78, 5) is 0. The van der Waals surface area contributed by atoms with Gasteiger partial charge in [0.15, 0.2) is 0 Å². The Labute approximate surface area is 91.0 Å². The summed E-state index contributed by atoms with van der Waals surface area (Å²) in [6, 6.07) is 0. The van der Waals surface area contributed by atoms with Crippen molar-refractivity contribution < 1.29 is 4.74 Å². The van der Waals surface area contributed by atoms with Gasteiger partial charge in [-0.1, -0.05) is 0 Å². The molecule has 0 heterocycles. The summed E-state index contributed by atoms with van der Waals surface area (Å²) in [5, 5.41) is 0. The van der Waals surface area contributed by atoms with E-state index in [0.29, 0.717) is 5.85 Å². The predicted octanol–water partition coefficient (Wildman–Crippen LogP) is 3.96. The summed E-state index contributed by atoms with van der Waals surface area (Å²) in [5.74, 6) is 0.544. The van der Waals surface area contributed by atoms with Gasteiger partial charge < -0.3 is 0 Å². The third-order valence-electron chi connectivity index (χ3n) is 3.46. The van der Waals surface area contributed by atoms with Crippen LogP contribution in [0, 0.1) is 0 Å². The Hall–Kier alpha value is 0.390. The maximum atomic E-state index is 5.64. The van der Waals surface area contributed by atoms with Crippen LogP contribution in [0.4, 0.5) is 0 Å². The fourth-order valence-corrected chi connectivity index (χ4v) is 8.19. The standard InChI is InChI=1S/C12H29OP/c1-6-9-14(10-7-2,11-8-3)12(4)13-5/h12,14H,6-11H2,1-5H3. The van der Waals surface area contributed by atoms with Crippen LogP contribution in [-0.4, -0.2) is 31.4 Å². The molecule has 0 saturated heterocycles. The number of hydrogen-bond donors (Lipinski definition) is 0. The second-order valence-electron chi connectivity index (χ2n) is 4.49. The number of ether oxygens (including phenoxy) is 1. The molecule has 0 N–H and O–H groups in total. The van der Waals surface area contributed by atoms with Crippen molar-refractivity contribution >= 4 is 7.26 Å². The summed E-state index contributed by atoms with van der Waals surface area (Å²) in [5.41, 5.74) is 0. The van der Waals surface area contributed by atoms with Gasteiger partial charge >= 0.3 is 90.4 Å². The molecule has 1 nitrogen and oxygen atoms in total. The Morgan fingerprint density at radius 2 is 1.29 bits per heavy atom. The van der Waals surface area contributed by atoms with Gasteiger partial charge in [0, 0.05) is 0 Å². The molecule has 0 aliphatic rings. The first kappa shape index (κ1) is 14.4. The first-order valence-electron chi connectivity index (χ1n) is 6.19. The summed E-state index contributed by atoms with van der Waals surface area (Å²) in [7, 11) is 0.761. The molecule has 88 valence electrons. The van der Waals surface area contributed by atoms with Crippen LogP contribution < -0.4 is 0 Å². The molecule has 0 rings (SSSR count). The van der Waals surface area contributed by atoms with Gasteiger partial charge in [-0.3, -0.25) is 0 Å². The van der Waals surface area contributed by atoms with E-state index in [4.69, 9.17) is 4.74 Å². The number of hydrogen-bond acceptors (Lipinski definition) is 1. The minimum atomic E-state index is -1.12. The Balaban J connectivity index is 4.53. The normalized spacial score (nSPS) is 15.5. The van der Waals surface area contributed by atoms with E-state index in [9.17, 15) is 0 Å². The fourth-order valence-electron chi connectivity index (χ4n) is 2.73. The molecule has 0 aromatic carbocycles. The summed E-state index contributed by atoms with van der Waals surface area (Å²) in [6.45, 7) is 9.24. The second-order valence-corrected chi connectivity index (χ2v) is 9.53. The van der Waals surface area contributed by atoms with E-state index >= 15 is 0 Å². The zero-order valence-electron chi connectivity index (χ0n) is 10.7. The molecule has 2 heteroatoms. The molecule has 0 fully saturated rings. The molecular weight excluding hydrogens is 191 g/mol. The topological polar surface area (TPSA) is 9.23 Å². The van der Waals surface area contributed by atoms with E-state index < -0.39 is 7.26 Å². The van der Waals surface area contributed by atoms with E-state index in [2.05, 4.69) is 27.7 Å². The molecule has 0 spiro atoms. The van der Waals surface area contributed by atoms with Gasteiger partial charge in [-0.25, -0.2) is 0 Å². The SMILES string of the molecule is CCC[PH](CCC)(CCC)C(C)OC. The van der Waals surface area contributed by atoms with Crippen LogP contribution in [0.2, 0.25) is 0 Å². The van der Waals surface area contributed by atoms with Crippen molar-refractivity contribution in [1.29, 1.82) is 0 Å². The third-order valence-corrected chi connectivity index (χ3v) is 9.91.